The first-order chi connectivity index (χ1) is 48.7. The van der Waals surface area contributed by atoms with Crippen LogP contribution in [0, 0.1) is 0 Å². The number of nitrogens with one attached hydrogen (secondary N) is 4. The van der Waals surface area contributed by atoms with Gasteiger partial charge in [-0.05, 0) is 109 Å². The van der Waals surface area contributed by atoms with Crippen LogP contribution in [0.1, 0.15) is 36.1 Å². The van der Waals surface area contributed by atoms with Gasteiger partial charge in [0.15, 0.2) is 11.6 Å². The number of Topliss-reactive ketones (excluding diaryl/α,β-unsaturated/α-hetero) is 2. The Morgan fingerprint density at radius 3 is 1.15 bits per heavy atom. The van der Waals surface area contributed by atoms with Crippen LogP contribution in [0.3, 0.4) is 0 Å². The molecule has 0 saturated carbocycles. The van der Waals surface area contributed by atoms with Crippen molar-refractivity contribution in [1.29, 1.82) is 0 Å². The van der Waals surface area contributed by atoms with Gasteiger partial charge in [0.2, 0.25) is 0 Å². The van der Waals surface area contributed by atoms with E-state index < -0.39 is 18.2 Å². The largest absolute Gasteiger partial charge is 0.465 e. The molecule has 4 heterocycles. The van der Waals surface area contributed by atoms with E-state index >= 15 is 0 Å². The lowest BCUT2D eigenvalue weighted by Crippen LogP contribution is -2.50. The number of rotatable bonds is 22. The summed E-state index contributed by atoms with van der Waals surface area (Å²) in [6.07, 6.45) is 2.54. The predicted molar refractivity (Wildman–Crippen MR) is 393 cm³/mol. The molecule has 2 saturated heterocycles. The highest BCUT2D eigenvalue weighted by Gasteiger charge is 2.26. The lowest BCUT2D eigenvalue weighted by molar-refractivity contribution is -0.145. The summed E-state index contributed by atoms with van der Waals surface area (Å²) in [6.45, 7) is 13.6. The number of halogens is 2. The molecule has 26 heteroatoms. The number of nitrogens with zero attached hydrogens (tertiary/aromatic N) is 10. The second-order valence-corrected chi connectivity index (χ2v) is 25.9. The number of esters is 2. The molecule has 24 nitrogen and oxygen atoms in total. The fourth-order valence-electron chi connectivity index (χ4n) is 11.3. The van der Waals surface area contributed by atoms with Crippen LogP contribution in [0.2, 0.25) is 0 Å². The summed E-state index contributed by atoms with van der Waals surface area (Å²) >= 11 is 6.92. The van der Waals surface area contributed by atoms with Crippen molar-refractivity contribution in [3.8, 4) is 0 Å². The summed E-state index contributed by atoms with van der Waals surface area (Å²) in [5, 5.41) is 15.3. The van der Waals surface area contributed by atoms with Gasteiger partial charge < -0.3 is 50.0 Å². The molecular formula is C74H88Br2N14O10. The monoisotopic (exact) mass is 1490 g/mol. The molecule has 2 aromatic heterocycles. The second kappa shape index (κ2) is 40.4. The van der Waals surface area contributed by atoms with Crippen LogP contribution in [-0.2, 0) is 64.2 Å². The Morgan fingerprint density at radius 2 is 0.770 bits per heavy atom. The number of amides is 2. The summed E-state index contributed by atoms with van der Waals surface area (Å²) in [6, 6.07) is 46.2. The predicted octanol–water partition coefficient (Wildman–Crippen LogP) is 9.31. The SMILES string of the molecule is CCOC(=O)CN1CCN(C(=O)OCc2ccccc2)CCN(CC(=O)Cc2ccc3c(Nc4ccc(Br)cc4)ncnc3c2)CCN(C(=O)OCc2ccccc2)CC1.CCOC(=O)CN1CCNCCN(CC(=O)Cc2ccc3c(Nc4ccc(Br)cc4)ncnc3c2)CCNCC1. The van der Waals surface area contributed by atoms with E-state index in [1.165, 1.54) is 6.33 Å². The first-order valence-corrected chi connectivity index (χ1v) is 35.4. The van der Waals surface area contributed by atoms with E-state index in [1.807, 2.05) is 162 Å². The molecule has 0 atom stereocenters. The van der Waals surface area contributed by atoms with Gasteiger partial charge in [-0.3, -0.25) is 38.8 Å². The van der Waals surface area contributed by atoms with Gasteiger partial charge in [-0.25, -0.2) is 29.5 Å². The average molecular weight is 1490 g/mol. The molecule has 0 spiro atoms. The first-order valence-electron chi connectivity index (χ1n) is 33.8. The molecule has 2 aliphatic rings. The van der Waals surface area contributed by atoms with Gasteiger partial charge in [0, 0.05) is 149 Å². The lowest BCUT2D eigenvalue weighted by atomic mass is 10.1. The minimum atomic E-state index is -0.503. The smallest absolute Gasteiger partial charge is 0.410 e. The number of carbonyl (C=O) groups excluding carboxylic acids is 6. The maximum atomic E-state index is 13.8. The quantitative estimate of drug-likeness (QED) is 0.0364. The highest BCUT2D eigenvalue weighted by Crippen LogP contribution is 2.27. The molecule has 100 heavy (non-hydrogen) atoms. The van der Waals surface area contributed by atoms with Crippen molar-refractivity contribution in [2.75, 3.05) is 155 Å². The van der Waals surface area contributed by atoms with Gasteiger partial charge in [0.1, 0.15) is 37.5 Å². The van der Waals surface area contributed by atoms with Crippen molar-refractivity contribution in [2.24, 2.45) is 0 Å². The van der Waals surface area contributed by atoms with Gasteiger partial charge in [-0.15, -0.1) is 0 Å². The minimum Gasteiger partial charge on any atom is -0.465 e. The Hall–Kier alpha value is -8.86. The normalized spacial score (nSPS) is 15.1. The van der Waals surface area contributed by atoms with Crippen LogP contribution in [0.25, 0.3) is 21.8 Å². The molecular weight excluding hydrogens is 1400 g/mol. The number of ether oxygens (including phenoxy) is 4. The molecule has 2 amide bonds. The van der Waals surface area contributed by atoms with Crippen molar-refractivity contribution in [3.63, 3.8) is 0 Å². The Morgan fingerprint density at radius 1 is 0.410 bits per heavy atom. The Balaban J connectivity index is 0.000000253. The number of hydrogen-bond donors (Lipinski definition) is 4. The van der Waals surface area contributed by atoms with Gasteiger partial charge in [-0.2, -0.15) is 0 Å². The molecule has 4 N–H and O–H groups in total. The molecule has 0 unspecified atom stereocenters. The molecule has 10 rings (SSSR count). The molecule has 528 valence electrons. The first kappa shape index (κ1) is 75.3. The third kappa shape index (κ3) is 25.4. The zero-order valence-corrected chi connectivity index (χ0v) is 59.9. The molecule has 8 aromatic rings. The molecule has 2 aliphatic heterocycles. The third-order valence-corrected chi connectivity index (χ3v) is 17.7. The molecule has 6 aromatic carbocycles. The fourth-order valence-corrected chi connectivity index (χ4v) is 11.9. The Bertz CT molecular complexity index is 3840. The summed E-state index contributed by atoms with van der Waals surface area (Å²) in [5.74, 6) is 0.934. The van der Waals surface area contributed by atoms with E-state index in [0.29, 0.717) is 63.6 Å². The standard InChI is InChI=1S/C45H50BrN7O7.C29H38BrN7O3/c1-2-58-42(55)30-51-21-25-52(44(56)59-31-34-9-5-3-6-10-34)23-19-50(20-24-53(26-22-51)45(57)60-32-35-11-7-4-8-12-35)29-39(54)27-36-13-18-40-41(28-36)47-33-48-43(40)49-38-16-14-37(46)15-17-38;1-2-40-28(39)20-37-15-11-31-9-13-36(14-10-32-12-16-37)19-25(38)17-22-3-8-26-27(18-22)33-21-34-29(26)35-24-6-4-23(30)5-7-24/h3-18,28,33H,2,19-27,29-32H2,1H3,(H,47,48,49);3-8,18,21,31-32H,2,9-17,19-20H2,1H3,(H,33,34,35). The summed E-state index contributed by atoms with van der Waals surface area (Å²) < 4.78 is 23.8. The lowest BCUT2D eigenvalue weighted by Gasteiger charge is -2.33. The average Bonchev–Trinajstić information content (AvgIpc) is 0.816. The van der Waals surface area contributed by atoms with E-state index in [-0.39, 0.29) is 83.0 Å². The highest BCUT2D eigenvalue weighted by molar-refractivity contribution is 9.10. The number of benzene rings is 6. The van der Waals surface area contributed by atoms with Crippen LogP contribution in [-0.4, -0.2) is 229 Å². The van der Waals surface area contributed by atoms with Crippen molar-refractivity contribution >= 4 is 112 Å². The topological polar surface area (TPSA) is 258 Å². The molecule has 2 fully saturated rings. The van der Waals surface area contributed by atoms with Crippen LogP contribution < -0.4 is 21.3 Å². The Labute approximate surface area is 600 Å². The van der Waals surface area contributed by atoms with Gasteiger partial charge in [0.25, 0.3) is 0 Å². The second-order valence-electron chi connectivity index (χ2n) is 24.1. The number of hydrogen-bond acceptors (Lipinski definition) is 22. The van der Waals surface area contributed by atoms with E-state index in [2.05, 4.69) is 82.9 Å². The Kier molecular flexibility index (Phi) is 30.4. The fraction of sp³-hybridized carbons (Fsp3) is 0.378. The van der Waals surface area contributed by atoms with Gasteiger partial charge in [0.05, 0.1) is 50.4 Å². The number of carbonyl (C=O) groups is 6. The van der Waals surface area contributed by atoms with Crippen LogP contribution >= 0.6 is 31.9 Å². The minimum absolute atomic E-state index is 0.0158. The number of ketones is 2. The van der Waals surface area contributed by atoms with Crippen molar-refractivity contribution in [2.45, 2.75) is 39.9 Å². The summed E-state index contributed by atoms with van der Waals surface area (Å²) in [5.41, 5.74) is 6.77. The van der Waals surface area contributed by atoms with Crippen LogP contribution in [0.5, 0.6) is 0 Å². The zero-order chi connectivity index (χ0) is 70.3. The molecule has 0 radical (unpaired) electrons. The summed E-state index contributed by atoms with van der Waals surface area (Å²) in [4.78, 5) is 108. The summed E-state index contributed by atoms with van der Waals surface area (Å²) in [7, 11) is 0. The van der Waals surface area contributed by atoms with Crippen molar-refractivity contribution in [3.05, 3.63) is 189 Å². The van der Waals surface area contributed by atoms with Gasteiger partial charge in [-0.1, -0.05) is 105 Å². The number of fused-ring (bicyclic) bond motifs is 2. The van der Waals surface area contributed by atoms with Crippen LogP contribution in [0.15, 0.2) is 167 Å². The molecule has 0 bridgehead atoms. The number of anilines is 4. The van der Waals surface area contributed by atoms with E-state index in [0.717, 1.165) is 117 Å². The van der Waals surface area contributed by atoms with Crippen molar-refractivity contribution in [1.82, 2.24) is 60.0 Å². The van der Waals surface area contributed by atoms with E-state index in [1.54, 1.807) is 23.1 Å². The van der Waals surface area contributed by atoms with Crippen LogP contribution in [0.4, 0.5) is 32.6 Å². The van der Waals surface area contributed by atoms with Crippen molar-refractivity contribution < 1.29 is 47.7 Å². The van der Waals surface area contributed by atoms with E-state index in [9.17, 15) is 28.8 Å². The maximum Gasteiger partial charge on any atom is 0.410 e. The number of aromatic nitrogens is 4. The maximum absolute atomic E-state index is 13.8. The third-order valence-electron chi connectivity index (χ3n) is 16.6. The molecule has 0 aliphatic carbocycles. The highest BCUT2D eigenvalue weighted by atomic mass is 79.9. The van der Waals surface area contributed by atoms with Gasteiger partial charge >= 0.3 is 24.1 Å². The van der Waals surface area contributed by atoms with E-state index in [4.69, 9.17) is 18.9 Å². The zero-order valence-electron chi connectivity index (χ0n) is 56.7.